The zero-order valence-corrected chi connectivity index (χ0v) is 28.5. The highest BCUT2D eigenvalue weighted by Gasteiger charge is 2.32. The number of aliphatic carboxylic acids is 1. The van der Waals surface area contributed by atoms with Crippen LogP contribution in [-0.2, 0) is 38.4 Å². The van der Waals surface area contributed by atoms with Crippen molar-refractivity contribution < 1.29 is 24.3 Å². The first-order chi connectivity index (χ1) is 24.6. The Bertz CT molecular complexity index is 2180. The lowest BCUT2D eigenvalue weighted by molar-refractivity contribution is -0.142. The third kappa shape index (κ3) is 8.13. The van der Waals surface area contributed by atoms with Crippen LogP contribution in [0.15, 0.2) is 91.4 Å². The Labute approximate surface area is 294 Å². The van der Waals surface area contributed by atoms with Gasteiger partial charge in [0.15, 0.2) is 0 Å². The van der Waals surface area contributed by atoms with E-state index in [1.807, 2.05) is 92.8 Å². The van der Waals surface area contributed by atoms with Crippen LogP contribution in [0.25, 0.3) is 32.7 Å². The van der Waals surface area contributed by atoms with Gasteiger partial charge in [-0.1, -0.05) is 68.4 Å². The van der Waals surface area contributed by atoms with Crippen molar-refractivity contribution in [3.05, 3.63) is 108 Å². The number of fused-ring (bicyclic) bond motifs is 3. The van der Waals surface area contributed by atoms with Crippen LogP contribution in [-0.4, -0.2) is 67.9 Å². The number of benzene rings is 3. The first-order valence-electron chi connectivity index (χ1n) is 17.1. The lowest BCUT2D eigenvalue weighted by atomic mass is 9.99. The summed E-state index contributed by atoms with van der Waals surface area (Å²) in [5.41, 5.74) is 11.5. The van der Waals surface area contributed by atoms with Gasteiger partial charge >= 0.3 is 5.97 Å². The number of carboxylic acids is 1. The Kier molecular flexibility index (Phi) is 10.5. The van der Waals surface area contributed by atoms with E-state index in [2.05, 4.69) is 30.9 Å². The Morgan fingerprint density at radius 1 is 0.588 bits per heavy atom. The molecule has 6 aromatic rings. The first-order valence-corrected chi connectivity index (χ1v) is 17.1. The van der Waals surface area contributed by atoms with E-state index < -0.39 is 47.9 Å². The minimum atomic E-state index is -1.16. The van der Waals surface area contributed by atoms with Gasteiger partial charge in [0, 0.05) is 64.1 Å². The van der Waals surface area contributed by atoms with Crippen molar-refractivity contribution in [2.24, 2.45) is 11.7 Å². The molecule has 0 aliphatic heterocycles. The number of nitrogens with one attached hydrogen (secondary N) is 6. The van der Waals surface area contributed by atoms with Crippen LogP contribution in [0.1, 0.15) is 37.0 Å². The number of amides is 3. The number of carbonyl (C=O) groups is 4. The minimum absolute atomic E-state index is 0.00251. The Morgan fingerprint density at radius 2 is 0.961 bits per heavy atom. The van der Waals surface area contributed by atoms with Crippen molar-refractivity contribution in [2.45, 2.75) is 63.7 Å². The van der Waals surface area contributed by atoms with E-state index in [0.717, 1.165) is 49.4 Å². The molecule has 4 unspecified atom stereocenters. The fourth-order valence-corrected chi connectivity index (χ4v) is 6.61. The molecular formula is C39H43N7O5. The molecule has 0 aliphatic carbocycles. The second-order valence-electron chi connectivity index (χ2n) is 13.4. The van der Waals surface area contributed by atoms with E-state index in [1.165, 1.54) is 0 Å². The van der Waals surface area contributed by atoms with E-state index in [1.54, 1.807) is 12.4 Å². The van der Waals surface area contributed by atoms with E-state index in [9.17, 15) is 24.3 Å². The molecule has 0 aliphatic rings. The van der Waals surface area contributed by atoms with Crippen LogP contribution in [0.5, 0.6) is 0 Å². The molecule has 12 nitrogen and oxygen atoms in total. The van der Waals surface area contributed by atoms with Crippen molar-refractivity contribution in [3.63, 3.8) is 0 Å². The lowest BCUT2D eigenvalue weighted by Crippen LogP contribution is -2.58. The Hall–Kier alpha value is -5.88. The summed E-state index contributed by atoms with van der Waals surface area (Å²) >= 11 is 0. The molecule has 51 heavy (non-hydrogen) atoms. The van der Waals surface area contributed by atoms with Gasteiger partial charge in [-0.25, -0.2) is 4.79 Å². The van der Waals surface area contributed by atoms with Gasteiger partial charge in [0.1, 0.15) is 18.1 Å². The van der Waals surface area contributed by atoms with E-state index in [-0.39, 0.29) is 31.6 Å². The van der Waals surface area contributed by atoms with Gasteiger partial charge < -0.3 is 41.7 Å². The number of para-hydroxylation sites is 3. The predicted octanol–water partition coefficient (Wildman–Crippen LogP) is 4.07. The summed E-state index contributed by atoms with van der Waals surface area (Å²) in [7, 11) is 0. The molecule has 264 valence electrons. The molecule has 0 spiro atoms. The number of hydrogen-bond acceptors (Lipinski definition) is 5. The van der Waals surface area contributed by atoms with Gasteiger partial charge in [-0.05, 0) is 53.6 Å². The first kappa shape index (κ1) is 35.0. The summed E-state index contributed by atoms with van der Waals surface area (Å²) in [4.78, 5) is 63.5. The largest absolute Gasteiger partial charge is 0.480 e. The number of aromatic nitrogens is 3. The van der Waals surface area contributed by atoms with Crippen LogP contribution in [0.4, 0.5) is 0 Å². The van der Waals surface area contributed by atoms with E-state index in [0.29, 0.717) is 0 Å². The number of aromatic amines is 3. The third-order valence-electron chi connectivity index (χ3n) is 9.24. The van der Waals surface area contributed by atoms with Gasteiger partial charge in [0.05, 0.1) is 6.04 Å². The normalized spacial score (nSPS) is 14.0. The van der Waals surface area contributed by atoms with Crippen LogP contribution in [0.3, 0.4) is 0 Å². The quantitative estimate of drug-likeness (QED) is 0.0800. The van der Waals surface area contributed by atoms with Gasteiger partial charge in [0.25, 0.3) is 0 Å². The molecule has 12 heteroatoms. The minimum Gasteiger partial charge on any atom is -0.480 e. The molecule has 3 amide bonds. The number of carboxylic acid groups (broad SMARTS) is 1. The van der Waals surface area contributed by atoms with Gasteiger partial charge in [-0.2, -0.15) is 0 Å². The molecule has 6 rings (SSSR count). The summed E-state index contributed by atoms with van der Waals surface area (Å²) in [6, 6.07) is 18.5. The predicted molar refractivity (Wildman–Crippen MR) is 197 cm³/mol. The zero-order valence-electron chi connectivity index (χ0n) is 28.5. The zero-order chi connectivity index (χ0) is 36.1. The molecule has 0 saturated carbocycles. The standard InChI is InChI=1S/C39H43N7O5/c1-22(2)15-35(39(50)51)46-38(49)34(18-25-21-43-32-14-8-5-11-28(25)32)45-37(48)33(17-24-20-42-31-13-7-4-10-27(24)31)44-36(47)29(40)16-23-19-41-30-12-6-3-9-26(23)30/h3-14,19-22,29,33-35,41-43H,15-18,40H2,1-2H3,(H,44,47)(H,45,48)(H,46,49)(H,50,51). The molecule has 0 fully saturated rings. The molecule has 0 bridgehead atoms. The van der Waals surface area contributed by atoms with Gasteiger partial charge in [-0.15, -0.1) is 0 Å². The average molecular weight is 690 g/mol. The van der Waals surface area contributed by atoms with Gasteiger partial charge in [-0.3, -0.25) is 14.4 Å². The van der Waals surface area contributed by atoms with E-state index >= 15 is 0 Å². The van der Waals surface area contributed by atoms with Gasteiger partial charge in [0.2, 0.25) is 17.7 Å². The smallest absolute Gasteiger partial charge is 0.326 e. The summed E-state index contributed by atoms with van der Waals surface area (Å²) < 4.78 is 0. The molecule has 9 N–H and O–H groups in total. The number of carbonyl (C=O) groups excluding carboxylic acids is 3. The molecule has 3 heterocycles. The lowest BCUT2D eigenvalue weighted by Gasteiger charge is -2.25. The van der Waals surface area contributed by atoms with Crippen LogP contribution in [0.2, 0.25) is 0 Å². The van der Waals surface area contributed by atoms with Crippen molar-refractivity contribution >= 4 is 56.4 Å². The topological polar surface area (TPSA) is 198 Å². The number of nitrogens with two attached hydrogens (primary N) is 1. The Morgan fingerprint density at radius 3 is 1.37 bits per heavy atom. The highest BCUT2D eigenvalue weighted by atomic mass is 16.4. The summed E-state index contributed by atoms with van der Waals surface area (Å²) in [6.45, 7) is 3.74. The summed E-state index contributed by atoms with van der Waals surface area (Å²) in [5.74, 6) is -2.94. The second-order valence-corrected chi connectivity index (χ2v) is 13.4. The van der Waals surface area contributed by atoms with Crippen molar-refractivity contribution in [1.82, 2.24) is 30.9 Å². The summed E-state index contributed by atoms with van der Waals surface area (Å²) in [6.07, 6.45) is 6.01. The molecule has 0 saturated heterocycles. The number of hydrogen-bond donors (Lipinski definition) is 8. The molecule has 0 radical (unpaired) electrons. The molecule has 3 aromatic heterocycles. The Balaban J connectivity index is 1.27. The molecule has 3 aromatic carbocycles. The van der Waals surface area contributed by atoms with E-state index in [4.69, 9.17) is 5.73 Å². The van der Waals surface area contributed by atoms with Crippen LogP contribution < -0.4 is 21.7 Å². The molecule has 4 atom stereocenters. The number of H-pyrrole nitrogens is 3. The number of rotatable bonds is 15. The van der Waals surface area contributed by atoms with Crippen molar-refractivity contribution in [2.75, 3.05) is 0 Å². The highest BCUT2D eigenvalue weighted by molar-refractivity contribution is 5.96. The van der Waals surface area contributed by atoms with Crippen molar-refractivity contribution in [1.29, 1.82) is 0 Å². The molecular weight excluding hydrogens is 646 g/mol. The van der Waals surface area contributed by atoms with Crippen LogP contribution in [0, 0.1) is 5.92 Å². The monoisotopic (exact) mass is 689 g/mol. The summed E-state index contributed by atoms with van der Waals surface area (Å²) in [5, 5.41) is 21.0. The van der Waals surface area contributed by atoms with Crippen LogP contribution >= 0.6 is 0 Å². The van der Waals surface area contributed by atoms with Crippen molar-refractivity contribution in [3.8, 4) is 0 Å². The fourth-order valence-electron chi connectivity index (χ4n) is 6.61. The average Bonchev–Trinajstić information content (AvgIpc) is 3.84. The second kappa shape index (κ2) is 15.3. The third-order valence-corrected chi connectivity index (χ3v) is 9.24. The maximum absolute atomic E-state index is 14.3. The highest BCUT2D eigenvalue weighted by Crippen LogP contribution is 2.22. The fraction of sp³-hybridized carbons (Fsp3) is 0.282. The SMILES string of the molecule is CC(C)CC(NC(=O)C(Cc1c[nH]c2ccccc12)NC(=O)C(Cc1c[nH]c2ccccc12)NC(=O)C(N)Cc1c[nH]c2ccccc12)C(=O)O. The maximum Gasteiger partial charge on any atom is 0.326 e. The maximum atomic E-state index is 14.3.